The summed E-state index contributed by atoms with van der Waals surface area (Å²) >= 11 is 0. The first-order chi connectivity index (χ1) is 13.9. The molecule has 0 bridgehead atoms. The number of carboxylic acids is 1. The number of aromatic carboxylic acids is 1. The highest BCUT2D eigenvalue weighted by molar-refractivity contribution is 5.93. The second-order valence-electron chi connectivity index (χ2n) is 7.33. The Bertz CT molecular complexity index is 910. The second-order valence-corrected chi connectivity index (χ2v) is 7.33. The summed E-state index contributed by atoms with van der Waals surface area (Å²) in [7, 11) is 0. The fourth-order valence-electron chi connectivity index (χ4n) is 3.34. The van der Waals surface area contributed by atoms with Crippen molar-refractivity contribution in [3.63, 3.8) is 0 Å². The summed E-state index contributed by atoms with van der Waals surface area (Å²) in [5, 5.41) is 19.3. The minimum Gasteiger partial charge on any atom is -0.476 e. The number of likely N-dealkylation sites (tertiary alicyclic amines) is 1. The van der Waals surface area contributed by atoms with Crippen molar-refractivity contribution in [1.82, 2.24) is 19.9 Å². The molecule has 2 amide bonds. The van der Waals surface area contributed by atoms with Crippen LogP contribution in [0.25, 0.3) is 5.69 Å². The Hall–Kier alpha value is -3.23. The van der Waals surface area contributed by atoms with Gasteiger partial charge in [-0.3, -0.25) is 9.59 Å². The standard InChI is InChI=1S/C20H25N5O4/c1-3-13(2)19(27)24-9-5-6-14(11-24)18(26)21-15-7-4-8-16(10-15)25-12-17(20(28)29)22-23-25/h4,7-8,10,12-14H,3,5-6,9,11H2,1-2H3,(H,21,26)(H,28,29). The highest BCUT2D eigenvalue weighted by Crippen LogP contribution is 2.22. The molecule has 1 saturated heterocycles. The maximum absolute atomic E-state index is 12.8. The Morgan fingerprint density at radius 1 is 1.34 bits per heavy atom. The maximum atomic E-state index is 12.8. The number of nitrogens with one attached hydrogen (secondary N) is 1. The van der Waals surface area contributed by atoms with Crippen molar-refractivity contribution in [2.45, 2.75) is 33.1 Å². The topological polar surface area (TPSA) is 117 Å². The molecule has 1 aromatic carbocycles. The van der Waals surface area contributed by atoms with Gasteiger partial charge in [0.1, 0.15) is 0 Å². The quantitative estimate of drug-likeness (QED) is 0.769. The number of hydrogen-bond donors (Lipinski definition) is 2. The number of piperidine rings is 1. The predicted molar refractivity (Wildman–Crippen MR) is 106 cm³/mol. The summed E-state index contributed by atoms with van der Waals surface area (Å²) in [6.07, 6.45) is 3.63. The van der Waals surface area contributed by atoms with Crippen molar-refractivity contribution in [2.24, 2.45) is 11.8 Å². The number of rotatable bonds is 6. The largest absolute Gasteiger partial charge is 0.476 e. The number of aromatic nitrogens is 3. The monoisotopic (exact) mass is 399 g/mol. The number of carboxylic acid groups (broad SMARTS) is 1. The van der Waals surface area contributed by atoms with E-state index < -0.39 is 5.97 Å². The van der Waals surface area contributed by atoms with E-state index in [4.69, 9.17) is 5.11 Å². The van der Waals surface area contributed by atoms with Gasteiger partial charge in [-0.25, -0.2) is 9.48 Å². The molecule has 2 N–H and O–H groups in total. The third kappa shape index (κ3) is 4.79. The average molecular weight is 399 g/mol. The van der Waals surface area contributed by atoms with E-state index in [0.29, 0.717) is 24.5 Å². The second kappa shape index (κ2) is 8.85. The van der Waals surface area contributed by atoms with E-state index in [0.717, 1.165) is 19.3 Å². The number of amides is 2. The van der Waals surface area contributed by atoms with E-state index >= 15 is 0 Å². The minimum atomic E-state index is -1.16. The van der Waals surface area contributed by atoms with Gasteiger partial charge < -0.3 is 15.3 Å². The Balaban J connectivity index is 1.67. The van der Waals surface area contributed by atoms with Gasteiger partial charge in [-0.05, 0) is 37.5 Å². The number of carbonyl (C=O) groups excluding carboxylic acids is 2. The van der Waals surface area contributed by atoms with E-state index in [9.17, 15) is 14.4 Å². The first-order valence-corrected chi connectivity index (χ1v) is 9.74. The molecule has 0 radical (unpaired) electrons. The molecule has 1 aliphatic heterocycles. The minimum absolute atomic E-state index is 0.0353. The zero-order valence-corrected chi connectivity index (χ0v) is 16.5. The molecule has 9 nitrogen and oxygen atoms in total. The van der Waals surface area contributed by atoms with Crippen LogP contribution >= 0.6 is 0 Å². The third-order valence-electron chi connectivity index (χ3n) is 5.23. The molecule has 2 heterocycles. The van der Waals surface area contributed by atoms with E-state index in [1.807, 2.05) is 13.8 Å². The lowest BCUT2D eigenvalue weighted by Gasteiger charge is -2.33. The molecule has 2 atom stereocenters. The fourth-order valence-corrected chi connectivity index (χ4v) is 3.34. The van der Waals surface area contributed by atoms with E-state index in [2.05, 4.69) is 15.6 Å². The molecule has 2 unspecified atom stereocenters. The lowest BCUT2D eigenvalue weighted by Crippen LogP contribution is -2.45. The Morgan fingerprint density at radius 2 is 2.14 bits per heavy atom. The van der Waals surface area contributed by atoms with Crippen LogP contribution in [0.3, 0.4) is 0 Å². The molecule has 3 rings (SSSR count). The third-order valence-corrected chi connectivity index (χ3v) is 5.23. The van der Waals surface area contributed by atoms with E-state index in [1.165, 1.54) is 10.9 Å². The lowest BCUT2D eigenvalue weighted by atomic mass is 9.95. The zero-order valence-electron chi connectivity index (χ0n) is 16.5. The maximum Gasteiger partial charge on any atom is 0.358 e. The van der Waals surface area contributed by atoms with E-state index in [-0.39, 0.29) is 29.3 Å². The Morgan fingerprint density at radius 3 is 2.83 bits per heavy atom. The van der Waals surface area contributed by atoms with Crippen molar-refractivity contribution in [2.75, 3.05) is 18.4 Å². The number of nitrogens with zero attached hydrogens (tertiary/aromatic N) is 4. The summed E-state index contributed by atoms with van der Waals surface area (Å²) in [6.45, 7) is 5.02. The van der Waals surface area contributed by atoms with Crippen molar-refractivity contribution in [1.29, 1.82) is 0 Å². The first kappa shape index (κ1) is 20.5. The number of hydrogen-bond acceptors (Lipinski definition) is 5. The summed E-state index contributed by atoms with van der Waals surface area (Å²) in [6, 6.07) is 6.93. The van der Waals surface area contributed by atoms with Gasteiger partial charge in [0.25, 0.3) is 0 Å². The number of anilines is 1. The Kier molecular flexibility index (Phi) is 6.26. The van der Waals surface area contributed by atoms with Gasteiger partial charge in [0.15, 0.2) is 5.69 Å². The van der Waals surface area contributed by atoms with Gasteiger partial charge >= 0.3 is 5.97 Å². The molecule has 0 spiro atoms. The van der Waals surface area contributed by atoms with Crippen LogP contribution < -0.4 is 5.32 Å². The molecule has 0 saturated carbocycles. The summed E-state index contributed by atoms with van der Waals surface area (Å²) < 4.78 is 1.34. The highest BCUT2D eigenvalue weighted by atomic mass is 16.4. The molecular formula is C20H25N5O4. The van der Waals surface area contributed by atoms with Crippen molar-refractivity contribution >= 4 is 23.5 Å². The fraction of sp³-hybridized carbons (Fsp3) is 0.450. The normalized spacial score (nSPS) is 17.6. The SMILES string of the molecule is CCC(C)C(=O)N1CCCC(C(=O)Nc2cccc(-n3cc(C(=O)O)nn3)c2)C1. The highest BCUT2D eigenvalue weighted by Gasteiger charge is 2.30. The van der Waals surface area contributed by atoms with Crippen LogP contribution in [0.15, 0.2) is 30.5 Å². The van der Waals surface area contributed by atoms with Crippen LogP contribution in [-0.4, -0.2) is 55.9 Å². The molecule has 154 valence electrons. The molecule has 2 aromatic rings. The van der Waals surface area contributed by atoms with Crippen molar-refractivity contribution < 1.29 is 19.5 Å². The average Bonchev–Trinajstić information content (AvgIpc) is 3.23. The van der Waals surface area contributed by atoms with Gasteiger partial charge in [-0.15, -0.1) is 5.10 Å². The molecule has 9 heteroatoms. The van der Waals surface area contributed by atoms with Gasteiger partial charge in [-0.2, -0.15) is 0 Å². The van der Waals surface area contributed by atoms with Crippen molar-refractivity contribution in [3.8, 4) is 5.69 Å². The zero-order chi connectivity index (χ0) is 21.0. The summed E-state index contributed by atoms with van der Waals surface area (Å²) in [4.78, 5) is 38.0. The summed E-state index contributed by atoms with van der Waals surface area (Å²) in [5.41, 5.74) is 0.998. The van der Waals surface area contributed by atoms with Gasteiger partial charge in [0, 0.05) is 24.7 Å². The van der Waals surface area contributed by atoms with Crippen molar-refractivity contribution in [3.05, 3.63) is 36.2 Å². The van der Waals surface area contributed by atoms with Crippen LogP contribution in [0.2, 0.25) is 0 Å². The van der Waals surface area contributed by atoms with Crippen LogP contribution in [-0.2, 0) is 9.59 Å². The van der Waals surface area contributed by atoms with Gasteiger partial charge in [0.2, 0.25) is 11.8 Å². The molecule has 1 aliphatic rings. The molecule has 29 heavy (non-hydrogen) atoms. The smallest absolute Gasteiger partial charge is 0.358 e. The number of carbonyl (C=O) groups is 3. The van der Waals surface area contributed by atoms with Crippen LogP contribution in [0, 0.1) is 11.8 Å². The number of benzene rings is 1. The van der Waals surface area contributed by atoms with Gasteiger partial charge in [0.05, 0.1) is 17.8 Å². The van der Waals surface area contributed by atoms with Gasteiger partial charge in [-0.1, -0.05) is 25.1 Å². The molecule has 1 fully saturated rings. The molecule has 1 aromatic heterocycles. The van der Waals surface area contributed by atoms with Crippen LogP contribution in [0.4, 0.5) is 5.69 Å². The lowest BCUT2D eigenvalue weighted by molar-refractivity contribution is -0.138. The first-order valence-electron chi connectivity index (χ1n) is 9.74. The Labute approximate surface area is 168 Å². The summed E-state index contributed by atoms with van der Waals surface area (Å²) in [5.74, 6) is -1.48. The van der Waals surface area contributed by atoms with Crippen LogP contribution in [0.1, 0.15) is 43.6 Å². The predicted octanol–water partition coefficient (Wildman–Crippen LogP) is 2.19. The molecule has 0 aliphatic carbocycles. The molecular weight excluding hydrogens is 374 g/mol. The van der Waals surface area contributed by atoms with Crippen LogP contribution in [0.5, 0.6) is 0 Å². The van der Waals surface area contributed by atoms with E-state index in [1.54, 1.807) is 29.2 Å².